The largest absolute Gasteiger partial charge is 0.416 e. The highest BCUT2D eigenvalue weighted by atomic mass is 19.4. The lowest BCUT2D eigenvalue weighted by molar-refractivity contribution is -0.137. The highest BCUT2D eigenvalue weighted by Gasteiger charge is 2.30. The zero-order valence-electron chi connectivity index (χ0n) is 12.9. The molecule has 0 atom stereocenters. The number of rotatable bonds is 4. The molecule has 0 bridgehead atoms. The molecule has 0 aliphatic heterocycles. The van der Waals surface area contributed by atoms with Gasteiger partial charge in [-0.25, -0.2) is 4.98 Å². The monoisotopic (exact) mass is 349 g/mol. The summed E-state index contributed by atoms with van der Waals surface area (Å²) in [6.45, 7) is 0. The van der Waals surface area contributed by atoms with Crippen LogP contribution in [0.3, 0.4) is 0 Å². The highest BCUT2D eigenvalue weighted by molar-refractivity contribution is 6.03. The van der Waals surface area contributed by atoms with E-state index < -0.39 is 17.6 Å². The van der Waals surface area contributed by atoms with Crippen molar-refractivity contribution in [1.29, 1.82) is 0 Å². The Hall–Kier alpha value is -2.90. The van der Waals surface area contributed by atoms with E-state index in [4.69, 9.17) is 0 Å². The maximum atomic E-state index is 12.5. The summed E-state index contributed by atoms with van der Waals surface area (Å²) in [4.78, 5) is 28.1. The minimum absolute atomic E-state index is 0.00310. The summed E-state index contributed by atoms with van der Waals surface area (Å²) in [5.41, 5.74) is -0.481. The molecule has 0 unspecified atom stereocenters. The van der Waals surface area contributed by atoms with Crippen molar-refractivity contribution in [2.75, 3.05) is 5.32 Å². The van der Waals surface area contributed by atoms with Gasteiger partial charge in [0.25, 0.3) is 11.8 Å². The zero-order chi connectivity index (χ0) is 18.0. The minimum atomic E-state index is -4.44. The fraction of sp³-hybridized carbons (Fsp3) is 0.235. The van der Waals surface area contributed by atoms with E-state index in [0.29, 0.717) is 0 Å². The normalized spacial score (nSPS) is 14.0. The van der Waals surface area contributed by atoms with Crippen LogP contribution in [0.15, 0.2) is 42.5 Å². The number of anilines is 1. The lowest BCUT2D eigenvalue weighted by atomic mass is 10.2. The SMILES string of the molecule is O=C(Nc1ccc(C(F)(F)F)cc1)c1cccc(C(=O)NC2CC2)n1. The van der Waals surface area contributed by atoms with Crippen LogP contribution in [0, 0.1) is 0 Å². The van der Waals surface area contributed by atoms with Gasteiger partial charge < -0.3 is 10.6 Å². The molecule has 2 N–H and O–H groups in total. The second kappa shape index (κ2) is 6.54. The smallest absolute Gasteiger partial charge is 0.348 e. The number of pyridine rings is 1. The van der Waals surface area contributed by atoms with Crippen molar-refractivity contribution in [2.45, 2.75) is 25.1 Å². The molecule has 1 aliphatic rings. The van der Waals surface area contributed by atoms with Crippen LogP contribution in [-0.4, -0.2) is 22.8 Å². The summed E-state index contributed by atoms with van der Waals surface area (Å²) >= 11 is 0. The van der Waals surface area contributed by atoms with Crippen LogP contribution < -0.4 is 10.6 Å². The number of benzene rings is 1. The number of hydrogen-bond donors (Lipinski definition) is 2. The van der Waals surface area contributed by atoms with Gasteiger partial charge in [-0.2, -0.15) is 13.2 Å². The lowest BCUT2D eigenvalue weighted by Gasteiger charge is -2.09. The van der Waals surface area contributed by atoms with E-state index in [-0.39, 0.29) is 29.0 Å². The third-order valence-corrected chi connectivity index (χ3v) is 3.60. The van der Waals surface area contributed by atoms with E-state index >= 15 is 0 Å². The molecule has 1 saturated carbocycles. The number of nitrogens with zero attached hydrogens (tertiary/aromatic N) is 1. The van der Waals surface area contributed by atoms with Crippen LogP contribution in [0.5, 0.6) is 0 Å². The molecule has 2 aromatic rings. The van der Waals surface area contributed by atoms with Crippen LogP contribution in [0.4, 0.5) is 18.9 Å². The average Bonchev–Trinajstić information content (AvgIpc) is 3.38. The van der Waals surface area contributed by atoms with Gasteiger partial charge in [-0.15, -0.1) is 0 Å². The lowest BCUT2D eigenvalue weighted by Crippen LogP contribution is -2.27. The third kappa shape index (κ3) is 4.34. The van der Waals surface area contributed by atoms with E-state index in [1.165, 1.54) is 18.2 Å². The number of alkyl halides is 3. The maximum absolute atomic E-state index is 12.5. The Bertz CT molecular complexity index is 800. The molecule has 2 amide bonds. The van der Waals surface area contributed by atoms with E-state index in [2.05, 4.69) is 15.6 Å². The Kier molecular flexibility index (Phi) is 4.43. The van der Waals surface area contributed by atoms with Crippen molar-refractivity contribution in [3.05, 3.63) is 59.4 Å². The van der Waals surface area contributed by atoms with E-state index in [0.717, 1.165) is 37.1 Å². The predicted molar refractivity (Wildman–Crippen MR) is 84.1 cm³/mol. The summed E-state index contributed by atoms with van der Waals surface area (Å²) in [6, 6.07) is 8.68. The number of carbonyl (C=O) groups is 2. The Morgan fingerprint density at radius 1 is 0.960 bits per heavy atom. The van der Waals surface area contributed by atoms with Gasteiger partial charge >= 0.3 is 6.18 Å². The number of aromatic nitrogens is 1. The second-order valence-corrected chi connectivity index (χ2v) is 5.69. The molecule has 0 spiro atoms. The first-order valence-electron chi connectivity index (χ1n) is 7.59. The van der Waals surface area contributed by atoms with Crippen molar-refractivity contribution < 1.29 is 22.8 Å². The van der Waals surface area contributed by atoms with Gasteiger partial charge in [-0.05, 0) is 49.2 Å². The summed E-state index contributed by atoms with van der Waals surface area (Å²) in [5.74, 6) is -0.965. The Balaban J connectivity index is 1.69. The molecule has 1 aromatic heterocycles. The molecule has 1 heterocycles. The molecular formula is C17H14F3N3O2. The van der Waals surface area contributed by atoms with Crippen LogP contribution in [0.1, 0.15) is 39.4 Å². The quantitative estimate of drug-likeness (QED) is 0.890. The number of amides is 2. The maximum Gasteiger partial charge on any atom is 0.416 e. The molecule has 0 saturated heterocycles. The predicted octanol–water partition coefficient (Wildman–Crippen LogP) is 3.24. The van der Waals surface area contributed by atoms with Crippen LogP contribution in [0.25, 0.3) is 0 Å². The summed E-state index contributed by atoms with van der Waals surface area (Å²) in [5, 5.41) is 5.22. The summed E-state index contributed by atoms with van der Waals surface area (Å²) in [7, 11) is 0. The molecule has 1 aromatic carbocycles. The van der Waals surface area contributed by atoms with Gasteiger partial charge in [-0.3, -0.25) is 9.59 Å². The first-order chi connectivity index (χ1) is 11.8. The Labute approximate surface area is 141 Å². The van der Waals surface area contributed by atoms with Gasteiger partial charge in [0.2, 0.25) is 0 Å². The van der Waals surface area contributed by atoms with Crippen LogP contribution >= 0.6 is 0 Å². The molecule has 1 aliphatic carbocycles. The molecular weight excluding hydrogens is 335 g/mol. The second-order valence-electron chi connectivity index (χ2n) is 5.69. The van der Waals surface area contributed by atoms with Crippen LogP contribution in [0.2, 0.25) is 0 Å². The first-order valence-corrected chi connectivity index (χ1v) is 7.59. The van der Waals surface area contributed by atoms with E-state index in [1.807, 2.05) is 0 Å². The van der Waals surface area contributed by atoms with Gasteiger partial charge in [0.15, 0.2) is 0 Å². The molecule has 5 nitrogen and oxygen atoms in total. The molecule has 0 radical (unpaired) electrons. The molecule has 130 valence electrons. The first kappa shape index (κ1) is 16.9. The number of carbonyl (C=O) groups excluding carboxylic acids is 2. The van der Waals surface area contributed by atoms with Gasteiger partial charge in [0.1, 0.15) is 11.4 Å². The minimum Gasteiger partial charge on any atom is -0.348 e. The number of hydrogen-bond acceptors (Lipinski definition) is 3. The number of nitrogens with one attached hydrogen (secondary N) is 2. The molecule has 25 heavy (non-hydrogen) atoms. The summed E-state index contributed by atoms with van der Waals surface area (Å²) < 4.78 is 37.6. The molecule has 8 heteroatoms. The fourth-order valence-corrected chi connectivity index (χ4v) is 2.11. The van der Waals surface area contributed by atoms with Crippen molar-refractivity contribution in [3.63, 3.8) is 0 Å². The number of halogens is 3. The third-order valence-electron chi connectivity index (χ3n) is 3.60. The zero-order valence-corrected chi connectivity index (χ0v) is 12.9. The van der Waals surface area contributed by atoms with E-state index in [1.54, 1.807) is 0 Å². The van der Waals surface area contributed by atoms with Crippen molar-refractivity contribution in [3.8, 4) is 0 Å². The fourth-order valence-electron chi connectivity index (χ4n) is 2.11. The average molecular weight is 349 g/mol. The Morgan fingerprint density at radius 3 is 2.12 bits per heavy atom. The summed E-state index contributed by atoms with van der Waals surface area (Å²) in [6.07, 6.45) is -2.58. The van der Waals surface area contributed by atoms with Crippen LogP contribution in [-0.2, 0) is 6.18 Å². The van der Waals surface area contributed by atoms with Crippen molar-refractivity contribution in [2.24, 2.45) is 0 Å². The van der Waals surface area contributed by atoms with E-state index in [9.17, 15) is 22.8 Å². The van der Waals surface area contributed by atoms with Gasteiger partial charge in [0.05, 0.1) is 5.56 Å². The topological polar surface area (TPSA) is 71.1 Å². The van der Waals surface area contributed by atoms with Crippen molar-refractivity contribution in [1.82, 2.24) is 10.3 Å². The van der Waals surface area contributed by atoms with Gasteiger partial charge in [0, 0.05) is 11.7 Å². The Morgan fingerprint density at radius 2 is 1.56 bits per heavy atom. The van der Waals surface area contributed by atoms with Gasteiger partial charge in [-0.1, -0.05) is 6.07 Å². The molecule has 3 rings (SSSR count). The highest BCUT2D eigenvalue weighted by Crippen LogP contribution is 2.29. The standard InChI is InChI=1S/C17H14F3N3O2/c18-17(19,20)10-4-6-11(7-5-10)21-15(24)13-2-1-3-14(23-13)16(25)22-12-8-9-12/h1-7,12H,8-9H2,(H,21,24)(H,22,25). The van der Waals surface area contributed by atoms with Crippen molar-refractivity contribution >= 4 is 17.5 Å². The molecule has 1 fully saturated rings.